The highest BCUT2D eigenvalue weighted by molar-refractivity contribution is 5.91. The van der Waals surface area contributed by atoms with Crippen LogP contribution in [0.4, 0.5) is 0 Å². The van der Waals surface area contributed by atoms with Crippen molar-refractivity contribution in [3.8, 4) is 5.75 Å². The van der Waals surface area contributed by atoms with Gasteiger partial charge in [0.15, 0.2) is 6.61 Å². The topological polar surface area (TPSA) is 66.8 Å². The Bertz CT molecular complexity index is 510. The van der Waals surface area contributed by atoms with Crippen molar-refractivity contribution in [2.45, 2.75) is 13.8 Å². The number of hydrogen-bond acceptors (Lipinski definition) is 3. The van der Waals surface area contributed by atoms with Crippen molar-refractivity contribution in [3.63, 3.8) is 0 Å². The molecule has 20 heavy (non-hydrogen) atoms. The number of benzene rings is 1. The van der Waals surface area contributed by atoms with Gasteiger partial charge in [-0.05, 0) is 26.0 Å². The van der Waals surface area contributed by atoms with Gasteiger partial charge in [0.05, 0.1) is 0 Å². The van der Waals surface area contributed by atoms with Crippen LogP contribution in [-0.2, 0) is 4.79 Å². The first-order valence-corrected chi connectivity index (χ1v) is 6.33. The zero-order valence-electron chi connectivity index (χ0n) is 11.8. The van der Waals surface area contributed by atoms with Gasteiger partial charge >= 0.3 is 5.97 Å². The summed E-state index contributed by atoms with van der Waals surface area (Å²) in [6.07, 6.45) is 0. The summed E-state index contributed by atoms with van der Waals surface area (Å²) in [5.41, 5.74) is 0.925. The summed E-state index contributed by atoms with van der Waals surface area (Å²) in [7, 11) is 0. The second-order valence-electron chi connectivity index (χ2n) is 4.46. The van der Waals surface area contributed by atoms with Crippen molar-refractivity contribution < 1.29 is 19.4 Å². The molecule has 0 aliphatic carbocycles. The van der Waals surface area contributed by atoms with Crippen LogP contribution in [0.2, 0.25) is 0 Å². The van der Waals surface area contributed by atoms with E-state index in [0.29, 0.717) is 13.1 Å². The molecule has 5 nitrogen and oxygen atoms in total. The number of para-hydroxylation sites is 1. The lowest BCUT2D eigenvalue weighted by Gasteiger charge is -2.21. The van der Waals surface area contributed by atoms with Gasteiger partial charge in [0.2, 0.25) is 0 Å². The molecule has 1 amide bonds. The average Bonchev–Trinajstić information content (AvgIpc) is 2.42. The highest BCUT2D eigenvalue weighted by Crippen LogP contribution is 2.17. The smallest absolute Gasteiger partial charge is 0.339 e. The van der Waals surface area contributed by atoms with Crippen LogP contribution in [0, 0.1) is 0 Å². The van der Waals surface area contributed by atoms with Gasteiger partial charge in [-0.3, -0.25) is 4.79 Å². The number of carboxylic acids is 1. The highest BCUT2D eigenvalue weighted by Gasteiger charge is 2.15. The number of nitrogens with zero attached hydrogens (tertiary/aromatic N) is 1. The number of carboxylic acid groups (broad SMARTS) is 1. The molecule has 0 radical (unpaired) electrons. The average molecular weight is 277 g/mol. The van der Waals surface area contributed by atoms with Crippen molar-refractivity contribution in [2.24, 2.45) is 0 Å². The molecule has 0 aliphatic heterocycles. The van der Waals surface area contributed by atoms with Gasteiger partial charge in [0.25, 0.3) is 5.91 Å². The van der Waals surface area contributed by atoms with Crippen LogP contribution in [0.3, 0.4) is 0 Å². The van der Waals surface area contributed by atoms with E-state index in [4.69, 9.17) is 9.84 Å². The third-order valence-corrected chi connectivity index (χ3v) is 2.66. The second-order valence-corrected chi connectivity index (χ2v) is 4.46. The molecule has 0 atom stereocenters. The molecule has 0 bridgehead atoms. The Hall–Kier alpha value is -2.30. The van der Waals surface area contributed by atoms with Gasteiger partial charge in [-0.15, -0.1) is 0 Å². The summed E-state index contributed by atoms with van der Waals surface area (Å²) < 4.78 is 5.32. The number of hydrogen-bond donors (Lipinski definition) is 1. The van der Waals surface area contributed by atoms with E-state index in [1.54, 1.807) is 17.0 Å². The van der Waals surface area contributed by atoms with E-state index in [-0.39, 0.29) is 23.8 Å². The minimum absolute atomic E-state index is 0.0447. The highest BCUT2D eigenvalue weighted by atomic mass is 16.5. The van der Waals surface area contributed by atoms with Crippen LogP contribution in [0.5, 0.6) is 5.75 Å². The second kappa shape index (κ2) is 7.33. The van der Waals surface area contributed by atoms with Crippen molar-refractivity contribution in [1.82, 2.24) is 4.90 Å². The first-order valence-electron chi connectivity index (χ1n) is 6.33. The zero-order chi connectivity index (χ0) is 15.1. The maximum absolute atomic E-state index is 12.0. The molecule has 1 aromatic rings. The minimum atomic E-state index is -1.08. The Morgan fingerprint density at radius 2 is 2.00 bits per heavy atom. The molecule has 5 heteroatoms. The van der Waals surface area contributed by atoms with E-state index in [9.17, 15) is 9.59 Å². The van der Waals surface area contributed by atoms with Crippen LogP contribution in [0.1, 0.15) is 24.2 Å². The number of rotatable bonds is 7. The third-order valence-electron chi connectivity index (χ3n) is 2.66. The van der Waals surface area contributed by atoms with Gasteiger partial charge in [0, 0.05) is 13.1 Å². The van der Waals surface area contributed by atoms with Gasteiger partial charge < -0.3 is 14.7 Å². The van der Waals surface area contributed by atoms with Crippen molar-refractivity contribution in [3.05, 3.63) is 42.0 Å². The molecule has 1 N–H and O–H groups in total. The number of likely N-dealkylation sites (N-methyl/N-ethyl adjacent to an activating group) is 1. The zero-order valence-corrected chi connectivity index (χ0v) is 11.8. The Morgan fingerprint density at radius 1 is 1.35 bits per heavy atom. The standard InChI is InChI=1S/C15H19NO4/c1-4-16(9-11(2)3)14(17)10-20-13-8-6-5-7-12(13)15(18)19/h5-8H,2,4,9-10H2,1,3H3,(H,18,19). The van der Waals surface area contributed by atoms with Crippen LogP contribution < -0.4 is 4.74 Å². The largest absolute Gasteiger partial charge is 0.483 e. The molecule has 0 aromatic heterocycles. The summed E-state index contributed by atoms with van der Waals surface area (Å²) in [5.74, 6) is -1.09. The summed E-state index contributed by atoms with van der Waals surface area (Å²) >= 11 is 0. The van der Waals surface area contributed by atoms with Crippen molar-refractivity contribution in [2.75, 3.05) is 19.7 Å². The fourth-order valence-electron chi connectivity index (χ4n) is 1.70. The lowest BCUT2D eigenvalue weighted by Crippen LogP contribution is -2.36. The van der Waals surface area contributed by atoms with Gasteiger partial charge in [-0.1, -0.05) is 24.3 Å². The molecule has 0 spiro atoms. The lowest BCUT2D eigenvalue weighted by molar-refractivity contribution is -0.132. The predicted octanol–water partition coefficient (Wildman–Crippen LogP) is 2.19. The molecule has 0 unspecified atom stereocenters. The molecular weight excluding hydrogens is 258 g/mol. The molecular formula is C15H19NO4. The SMILES string of the molecule is C=C(C)CN(CC)C(=O)COc1ccccc1C(=O)O. The van der Waals surface area contributed by atoms with Crippen LogP contribution >= 0.6 is 0 Å². The molecule has 0 aliphatic rings. The van der Waals surface area contributed by atoms with Crippen LogP contribution in [-0.4, -0.2) is 41.6 Å². The molecule has 108 valence electrons. The number of carbonyl (C=O) groups excluding carboxylic acids is 1. The Labute approximate surface area is 118 Å². The molecule has 0 fully saturated rings. The Balaban J connectivity index is 2.69. The molecule has 0 saturated carbocycles. The first-order chi connectivity index (χ1) is 9.45. The minimum Gasteiger partial charge on any atom is -0.483 e. The predicted molar refractivity (Wildman–Crippen MR) is 76.0 cm³/mol. The molecule has 0 saturated heterocycles. The maximum Gasteiger partial charge on any atom is 0.339 e. The van der Waals surface area contributed by atoms with Crippen molar-refractivity contribution in [1.29, 1.82) is 0 Å². The van der Waals surface area contributed by atoms with E-state index in [1.807, 2.05) is 13.8 Å². The fourth-order valence-corrected chi connectivity index (χ4v) is 1.70. The summed E-state index contributed by atoms with van der Waals surface area (Å²) in [6, 6.07) is 6.24. The summed E-state index contributed by atoms with van der Waals surface area (Å²) in [6.45, 7) is 8.31. The number of ether oxygens (including phenoxy) is 1. The lowest BCUT2D eigenvalue weighted by atomic mass is 10.2. The van der Waals surface area contributed by atoms with E-state index in [0.717, 1.165) is 5.57 Å². The van der Waals surface area contributed by atoms with Gasteiger partial charge in [-0.25, -0.2) is 4.79 Å². The quantitative estimate of drug-likeness (QED) is 0.776. The van der Waals surface area contributed by atoms with E-state index >= 15 is 0 Å². The number of aromatic carboxylic acids is 1. The normalized spacial score (nSPS) is 9.90. The van der Waals surface area contributed by atoms with E-state index < -0.39 is 5.97 Å². The molecule has 1 aromatic carbocycles. The van der Waals surface area contributed by atoms with Crippen LogP contribution in [0.25, 0.3) is 0 Å². The molecule has 1 rings (SSSR count). The summed E-state index contributed by atoms with van der Waals surface area (Å²) in [5, 5.41) is 9.02. The monoisotopic (exact) mass is 277 g/mol. The van der Waals surface area contributed by atoms with Gasteiger partial charge in [0.1, 0.15) is 11.3 Å². The molecule has 0 heterocycles. The van der Waals surface area contributed by atoms with Crippen molar-refractivity contribution >= 4 is 11.9 Å². The van der Waals surface area contributed by atoms with Crippen LogP contribution in [0.15, 0.2) is 36.4 Å². The Morgan fingerprint density at radius 3 is 2.55 bits per heavy atom. The third kappa shape index (κ3) is 4.42. The Kier molecular flexibility index (Phi) is 5.77. The number of carbonyl (C=O) groups is 2. The first kappa shape index (κ1) is 15.8. The maximum atomic E-state index is 12.0. The van der Waals surface area contributed by atoms with Gasteiger partial charge in [-0.2, -0.15) is 0 Å². The summed E-state index contributed by atoms with van der Waals surface area (Å²) in [4.78, 5) is 24.6. The van der Waals surface area contributed by atoms with E-state index in [1.165, 1.54) is 12.1 Å². The van der Waals surface area contributed by atoms with E-state index in [2.05, 4.69) is 6.58 Å². The number of amides is 1. The fraction of sp³-hybridized carbons (Fsp3) is 0.333.